The number of benzene rings is 3. The summed E-state index contributed by atoms with van der Waals surface area (Å²) >= 11 is 6.38. The Labute approximate surface area is 210 Å². The van der Waals surface area contributed by atoms with Crippen molar-refractivity contribution in [1.29, 1.82) is 0 Å². The van der Waals surface area contributed by atoms with Crippen molar-refractivity contribution in [2.75, 3.05) is 30.9 Å². The van der Waals surface area contributed by atoms with Crippen molar-refractivity contribution < 1.29 is 22.7 Å². The number of hydrogen-bond acceptors (Lipinski definition) is 5. The normalized spacial score (nSPS) is 16.0. The molecule has 184 valence electrons. The summed E-state index contributed by atoms with van der Waals surface area (Å²) in [6, 6.07) is 18.5. The number of anilines is 1. The number of hydrogen-bond donors (Lipinski definition) is 0. The fraction of sp³-hybridized carbons (Fsp3) is 0.269. The number of rotatable bonds is 7. The molecule has 0 aliphatic carbocycles. The summed E-state index contributed by atoms with van der Waals surface area (Å²) < 4.78 is 40.1. The van der Waals surface area contributed by atoms with Gasteiger partial charge < -0.3 is 14.4 Å². The lowest BCUT2D eigenvalue weighted by Crippen LogP contribution is -2.46. The summed E-state index contributed by atoms with van der Waals surface area (Å²) in [6.45, 7) is 2.30. The van der Waals surface area contributed by atoms with E-state index < -0.39 is 16.1 Å². The minimum absolute atomic E-state index is 0.0164. The summed E-state index contributed by atoms with van der Waals surface area (Å²) in [5.41, 5.74) is 2.26. The second-order valence-corrected chi connectivity index (χ2v) is 10.4. The van der Waals surface area contributed by atoms with Gasteiger partial charge in [-0.3, -0.25) is 9.10 Å². The SMILES string of the molecule is COc1cc2c(cc1OC)N(S(=O)(=O)c1ccc(C)cc1)C(CCl)CN(Cc1ccccc1)C2=O. The fourth-order valence-electron chi connectivity index (χ4n) is 4.20. The maximum atomic E-state index is 14.0. The van der Waals surface area contributed by atoms with E-state index in [1.54, 1.807) is 29.2 Å². The van der Waals surface area contributed by atoms with E-state index in [0.29, 0.717) is 18.0 Å². The number of alkyl halides is 1. The zero-order chi connectivity index (χ0) is 25.2. The minimum atomic E-state index is -4.07. The molecule has 1 unspecified atom stereocenters. The summed E-state index contributed by atoms with van der Waals surface area (Å²) in [5, 5.41) is 0. The van der Waals surface area contributed by atoms with Crippen LogP contribution < -0.4 is 13.8 Å². The van der Waals surface area contributed by atoms with E-state index in [2.05, 4.69) is 0 Å². The average Bonchev–Trinajstić information content (AvgIpc) is 2.98. The number of ether oxygens (including phenoxy) is 2. The average molecular weight is 515 g/mol. The van der Waals surface area contributed by atoms with Gasteiger partial charge in [0, 0.05) is 25.0 Å². The van der Waals surface area contributed by atoms with Crippen molar-refractivity contribution in [3.63, 3.8) is 0 Å². The van der Waals surface area contributed by atoms with E-state index in [0.717, 1.165) is 11.1 Å². The van der Waals surface area contributed by atoms with Crippen molar-refractivity contribution in [3.05, 3.63) is 83.4 Å². The van der Waals surface area contributed by atoms with Crippen molar-refractivity contribution >= 4 is 33.2 Å². The minimum Gasteiger partial charge on any atom is -0.493 e. The molecule has 0 N–H and O–H groups in total. The lowest BCUT2D eigenvalue weighted by molar-refractivity contribution is 0.0744. The molecule has 1 amide bonds. The topological polar surface area (TPSA) is 76.2 Å². The summed E-state index contributed by atoms with van der Waals surface area (Å²) in [5.74, 6) is 0.308. The maximum Gasteiger partial charge on any atom is 0.264 e. The number of carbonyl (C=O) groups excluding carboxylic acids is 1. The number of aryl methyl sites for hydroxylation is 1. The van der Waals surface area contributed by atoms with Crippen LogP contribution in [0.15, 0.2) is 71.6 Å². The Morgan fingerprint density at radius 2 is 1.60 bits per heavy atom. The third kappa shape index (κ3) is 4.81. The Morgan fingerprint density at radius 1 is 0.971 bits per heavy atom. The van der Waals surface area contributed by atoms with Crippen LogP contribution in [0.3, 0.4) is 0 Å². The van der Waals surface area contributed by atoms with Crippen LogP contribution in [0.5, 0.6) is 11.5 Å². The number of carbonyl (C=O) groups is 1. The molecule has 0 saturated carbocycles. The smallest absolute Gasteiger partial charge is 0.264 e. The first-order chi connectivity index (χ1) is 16.8. The molecular formula is C26H27ClN2O5S. The summed E-state index contributed by atoms with van der Waals surface area (Å²) in [6.07, 6.45) is 0. The lowest BCUT2D eigenvalue weighted by atomic mass is 10.1. The standard InChI is InChI=1S/C26H27ClN2O5S/c1-18-9-11-21(12-10-18)35(31,32)29-20(15-27)17-28(16-19-7-5-4-6-8-19)26(30)22-13-24(33-2)25(34-3)14-23(22)29/h4-14,20H,15-17H2,1-3H3. The van der Waals surface area contributed by atoms with Crippen LogP contribution in [0.4, 0.5) is 5.69 Å². The number of nitrogens with zero attached hydrogens (tertiary/aromatic N) is 2. The largest absolute Gasteiger partial charge is 0.493 e. The molecule has 7 nitrogen and oxygen atoms in total. The van der Waals surface area contributed by atoms with E-state index in [-0.39, 0.29) is 34.5 Å². The molecule has 0 bridgehead atoms. The fourth-order valence-corrected chi connectivity index (χ4v) is 6.17. The second-order valence-electron chi connectivity index (χ2n) is 8.32. The first kappa shape index (κ1) is 24.9. The van der Waals surface area contributed by atoms with Gasteiger partial charge in [0.05, 0.1) is 36.4 Å². The van der Waals surface area contributed by atoms with Crippen molar-refractivity contribution in [1.82, 2.24) is 4.90 Å². The highest BCUT2D eigenvalue weighted by molar-refractivity contribution is 7.92. The predicted molar refractivity (Wildman–Crippen MR) is 136 cm³/mol. The Kier molecular flexibility index (Phi) is 7.23. The zero-order valence-electron chi connectivity index (χ0n) is 19.8. The molecule has 4 rings (SSSR count). The second kappa shape index (κ2) is 10.2. The highest BCUT2D eigenvalue weighted by Gasteiger charge is 2.40. The van der Waals surface area contributed by atoms with Crippen LogP contribution in [-0.4, -0.2) is 51.9 Å². The zero-order valence-corrected chi connectivity index (χ0v) is 21.3. The molecule has 0 radical (unpaired) electrons. The van der Waals surface area contributed by atoms with Gasteiger partial charge in [0.25, 0.3) is 15.9 Å². The molecule has 1 atom stereocenters. The van der Waals surface area contributed by atoms with E-state index in [1.165, 1.54) is 30.7 Å². The van der Waals surface area contributed by atoms with Crippen molar-refractivity contribution in [3.8, 4) is 11.5 Å². The number of fused-ring (bicyclic) bond motifs is 1. The molecule has 1 aliphatic rings. The van der Waals surface area contributed by atoms with Crippen LogP contribution in [0.25, 0.3) is 0 Å². The Hall–Kier alpha value is -3.23. The van der Waals surface area contributed by atoms with Crippen LogP contribution in [-0.2, 0) is 16.6 Å². The van der Waals surface area contributed by atoms with Crippen LogP contribution in [0, 0.1) is 6.92 Å². The van der Waals surface area contributed by atoms with Crippen LogP contribution in [0.1, 0.15) is 21.5 Å². The Bertz CT molecular complexity index is 1310. The molecule has 0 aromatic heterocycles. The van der Waals surface area contributed by atoms with Crippen LogP contribution >= 0.6 is 11.6 Å². The van der Waals surface area contributed by atoms with Gasteiger partial charge in [0.1, 0.15) is 0 Å². The molecular weight excluding hydrogens is 488 g/mol. The Balaban J connectivity index is 1.92. The van der Waals surface area contributed by atoms with Gasteiger partial charge in [-0.15, -0.1) is 11.6 Å². The van der Waals surface area contributed by atoms with Crippen molar-refractivity contribution in [2.24, 2.45) is 0 Å². The third-order valence-electron chi connectivity index (χ3n) is 5.99. The van der Waals surface area contributed by atoms with E-state index >= 15 is 0 Å². The van der Waals surface area contributed by atoms with Gasteiger partial charge in [0.15, 0.2) is 11.5 Å². The highest BCUT2D eigenvalue weighted by Crippen LogP contribution is 2.41. The highest BCUT2D eigenvalue weighted by atomic mass is 35.5. The molecule has 0 fully saturated rings. The Morgan fingerprint density at radius 3 is 2.20 bits per heavy atom. The van der Waals surface area contributed by atoms with E-state index in [4.69, 9.17) is 21.1 Å². The van der Waals surface area contributed by atoms with Crippen LogP contribution in [0.2, 0.25) is 0 Å². The third-order valence-corrected chi connectivity index (χ3v) is 8.23. The van der Waals surface area contributed by atoms with Gasteiger partial charge >= 0.3 is 0 Å². The quantitative estimate of drug-likeness (QED) is 0.435. The number of sulfonamides is 1. The summed E-state index contributed by atoms with van der Waals surface area (Å²) in [7, 11) is -1.14. The lowest BCUT2D eigenvalue weighted by Gasteiger charge is -2.32. The van der Waals surface area contributed by atoms with E-state index in [9.17, 15) is 13.2 Å². The molecule has 1 heterocycles. The monoisotopic (exact) mass is 514 g/mol. The number of amides is 1. The van der Waals surface area contributed by atoms with Gasteiger partial charge in [-0.05, 0) is 30.7 Å². The molecule has 35 heavy (non-hydrogen) atoms. The summed E-state index contributed by atoms with van der Waals surface area (Å²) in [4.78, 5) is 15.5. The van der Waals surface area contributed by atoms with Gasteiger partial charge in [-0.2, -0.15) is 0 Å². The number of methoxy groups -OCH3 is 2. The molecule has 9 heteroatoms. The molecule has 1 aliphatic heterocycles. The molecule has 3 aromatic rings. The molecule has 0 saturated heterocycles. The number of halogens is 1. The van der Waals surface area contributed by atoms with Gasteiger partial charge in [-0.1, -0.05) is 48.0 Å². The molecule has 3 aromatic carbocycles. The maximum absolute atomic E-state index is 14.0. The molecule has 0 spiro atoms. The first-order valence-corrected chi connectivity index (χ1v) is 13.0. The van der Waals surface area contributed by atoms with Gasteiger partial charge in [0.2, 0.25) is 0 Å². The van der Waals surface area contributed by atoms with Gasteiger partial charge in [-0.25, -0.2) is 8.42 Å². The van der Waals surface area contributed by atoms with Crippen molar-refractivity contribution in [2.45, 2.75) is 24.4 Å². The first-order valence-electron chi connectivity index (χ1n) is 11.1. The predicted octanol–water partition coefficient (Wildman–Crippen LogP) is 4.47. The van der Waals surface area contributed by atoms with E-state index in [1.807, 2.05) is 37.3 Å².